The number of aliphatic imine (C=N–C) groups is 1. The molecule has 0 aromatic carbocycles. The number of aromatic carboxylic acids is 1. The van der Waals surface area contributed by atoms with Crippen molar-refractivity contribution in [2.45, 2.75) is 6.04 Å². The smallest absolute Gasteiger partial charge is 0.338 e. The molecule has 1 aromatic heterocycles. The number of nitrogens with one attached hydrogen (secondary N) is 1. The summed E-state index contributed by atoms with van der Waals surface area (Å²) in [5.41, 5.74) is 3.38. The summed E-state index contributed by atoms with van der Waals surface area (Å²) in [6, 6.07) is 1.22. The Morgan fingerprint density at radius 2 is 2.38 bits per heavy atom. The van der Waals surface area contributed by atoms with Gasteiger partial charge in [0, 0.05) is 13.2 Å². The summed E-state index contributed by atoms with van der Waals surface area (Å²) >= 11 is 0. The Morgan fingerprint density at radius 1 is 1.57 bits per heavy atom. The van der Waals surface area contributed by atoms with Crippen molar-refractivity contribution in [2.75, 3.05) is 7.05 Å². The summed E-state index contributed by atoms with van der Waals surface area (Å²) in [6.07, 6.45) is 7.41. The molecule has 3 rings (SSSR count). The SMILES string of the molecule is CN1NC(=Nc2cnccc2C(=O)O)C2C=CC(F)=CC21. The van der Waals surface area contributed by atoms with Crippen molar-refractivity contribution >= 4 is 17.5 Å². The van der Waals surface area contributed by atoms with Gasteiger partial charge < -0.3 is 10.5 Å². The molecule has 2 heterocycles. The third-order valence-corrected chi connectivity index (χ3v) is 3.49. The molecule has 0 spiro atoms. The van der Waals surface area contributed by atoms with Gasteiger partial charge in [-0.25, -0.2) is 19.2 Å². The van der Waals surface area contributed by atoms with Crippen LogP contribution in [0.3, 0.4) is 0 Å². The van der Waals surface area contributed by atoms with E-state index in [0.717, 1.165) is 0 Å². The zero-order chi connectivity index (χ0) is 15.0. The first kappa shape index (κ1) is 13.4. The molecule has 1 fully saturated rings. The molecule has 0 amide bonds. The number of hydrogen-bond acceptors (Lipinski definition) is 4. The molecule has 2 atom stereocenters. The Hall–Kier alpha value is -2.54. The van der Waals surface area contributed by atoms with E-state index < -0.39 is 5.97 Å². The van der Waals surface area contributed by atoms with Gasteiger partial charge in [-0.1, -0.05) is 6.08 Å². The Bertz CT molecular complexity index is 683. The van der Waals surface area contributed by atoms with Crippen molar-refractivity contribution in [3.8, 4) is 0 Å². The van der Waals surface area contributed by atoms with E-state index in [1.165, 1.54) is 30.6 Å². The second kappa shape index (κ2) is 5.10. The lowest BCUT2D eigenvalue weighted by atomic mass is 9.95. The summed E-state index contributed by atoms with van der Waals surface area (Å²) in [4.78, 5) is 19.4. The van der Waals surface area contributed by atoms with Gasteiger partial charge in [0.1, 0.15) is 11.7 Å². The Labute approximate surface area is 120 Å². The summed E-state index contributed by atoms with van der Waals surface area (Å²) in [7, 11) is 1.78. The fourth-order valence-corrected chi connectivity index (χ4v) is 2.45. The summed E-state index contributed by atoms with van der Waals surface area (Å²) in [5.74, 6) is -0.933. The first-order valence-electron chi connectivity index (χ1n) is 6.37. The fourth-order valence-electron chi connectivity index (χ4n) is 2.45. The van der Waals surface area contributed by atoms with E-state index >= 15 is 0 Å². The van der Waals surface area contributed by atoms with Crippen LogP contribution in [0, 0.1) is 5.92 Å². The van der Waals surface area contributed by atoms with Crippen LogP contribution < -0.4 is 5.43 Å². The first-order chi connectivity index (χ1) is 10.1. The van der Waals surface area contributed by atoms with E-state index in [-0.39, 0.29) is 29.0 Å². The third-order valence-electron chi connectivity index (χ3n) is 3.49. The standard InChI is InChI=1S/C14H13FN4O2/c1-19-12-6-8(15)2-3-10(12)13(18-19)17-11-7-16-5-4-9(11)14(20)21/h2-7,10,12H,1H3,(H,17,18)(H,20,21). The molecule has 2 aliphatic rings. The van der Waals surface area contributed by atoms with Crippen LogP contribution in [0.15, 0.2) is 47.5 Å². The van der Waals surface area contributed by atoms with Gasteiger partial charge in [-0.2, -0.15) is 0 Å². The van der Waals surface area contributed by atoms with Crippen molar-refractivity contribution < 1.29 is 14.3 Å². The fraction of sp³-hybridized carbons (Fsp3) is 0.214. The lowest BCUT2D eigenvalue weighted by Crippen LogP contribution is -2.34. The average Bonchev–Trinajstić information content (AvgIpc) is 2.75. The highest BCUT2D eigenvalue weighted by molar-refractivity contribution is 5.97. The molecule has 1 aliphatic heterocycles. The van der Waals surface area contributed by atoms with Crippen LogP contribution in [-0.2, 0) is 0 Å². The number of allylic oxidation sites excluding steroid dienone is 2. The number of likely N-dealkylation sites (N-methyl/N-ethyl adjacent to an activating group) is 1. The van der Waals surface area contributed by atoms with Gasteiger partial charge in [-0.15, -0.1) is 0 Å². The minimum absolute atomic E-state index is 0.0758. The molecule has 0 saturated carbocycles. The van der Waals surface area contributed by atoms with E-state index in [9.17, 15) is 9.18 Å². The molecular formula is C14H13FN4O2. The maximum Gasteiger partial charge on any atom is 0.338 e. The summed E-state index contributed by atoms with van der Waals surface area (Å²) < 4.78 is 13.3. The topological polar surface area (TPSA) is 77.8 Å². The van der Waals surface area contributed by atoms with Crippen LogP contribution in [0.1, 0.15) is 10.4 Å². The molecule has 2 N–H and O–H groups in total. The van der Waals surface area contributed by atoms with Crippen LogP contribution in [0.5, 0.6) is 0 Å². The Balaban J connectivity index is 1.99. The van der Waals surface area contributed by atoms with Gasteiger partial charge in [0.2, 0.25) is 0 Å². The first-order valence-corrected chi connectivity index (χ1v) is 6.37. The molecule has 7 heteroatoms. The van der Waals surface area contributed by atoms with Crippen molar-refractivity contribution in [3.63, 3.8) is 0 Å². The van der Waals surface area contributed by atoms with Gasteiger partial charge >= 0.3 is 5.97 Å². The van der Waals surface area contributed by atoms with E-state index in [1.54, 1.807) is 18.1 Å². The number of halogens is 1. The van der Waals surface area contributed by atoms with Crippen LogP contribution >= 0.6 is 0 Å². The van der Waals surface area contributed by atoms with Gasteiger partial charge in [0.25, 0.3) is 0 Å². The maximum atomic E-state index is 13.3. The minimum Gasteiger partial charge on any atom is -0.478 e. The van der Waals surface area contributed by atoms with Crippen molar-refractivity contribution in [1.82, 2.24) is 15.4 Å². The molecule has 0 bridgehead atoms. The lowest BCUT2D eigenvalue weighted by molar-refractivity contribution is 0.0697. The van der Waals surface area contributed by atoms with Crippen molar-refractivity contribution in [2.24, 2.45) is 10.9 Å². The van der Waals surface area contributed by atoms with Gasteiger partial charge in [0.15, 0.2) is 0 Å². The monoisotopic (exact) mass is 288 g/mol. The highest BCUT2D eigenvalue weighted by Crippen LogP contribution is 2.28. The number of amidine groups is 1. The molecule has 21 heavy (non-hydrogen) atoms. The average molecular weight is 288 g/mol. The van der Waals surface area contributed by atoms with Gasteiger partial charge in [-0.3, -0.25) is 4.98 Å². The van der Waals surface area contributed by atoms with Crippen LogP contribution in [-0.4, -0.2) is 40.0 Å². The molecule has 2 unspecified atom stereocenters. The number of fused-ring (bicyclic) bond motifs is 1. The van der Waals surface area contributed by atoms with E-state index in [1.807, 2.05) is 0 Å². The normalized spacial score (nSPS) is 26.4. The second-order valence-electron chi connectivity index (χ2n) is 4.84. The quantitative estimate of drug-likeness (QED) is 0.865. The number of carboxylic acids is 1. The number of aromatic nitrogens is 1. The largest absolute Gasteiger partial charge is 0.478 e. The number of nitrogens with zero attached hydrogens (tertiary/aromatic N) is 3. The minimum atomic E-state index is -1.07. The predicted molar refractivity (Wildman–Crippen MR) is 74.8 cm³/mol. The van der Waals surface area contributed by atoms with Gasteiger partial charge in [0.05, 0.1) is 29.4 Å². The molecule has 1 aromatic rings. The Kier molecular flexibility index (Phi) is 3.26. The molecule has 1 saturated heterocycles. The number of carbonyl (C=O) groups is 1. The zero-order valence-electron chi connectivity index (χ0n) is 11.2. The molecule has 0 radical (unpaired) electrons. The maximum absolute atomic E-state index is 13.3. The van der Waals surface area contributed by atoms with E-state index in [2.05, 4.69) is 15.4 Å². The van der Waals surface area contributed by atoms with Crippen molar-refractivity contribution in [3.05, 3.63) is 48.1 Å². The molecule has 108 valence electrons. The summed E-state index contributed by atoms with van der Waals surface area (Å²) in [5, 5.41) is 10.9. The zero-order valence-corrected chi connectivity index (χ0v) is 11.2. The number of rotatable bonds is 2. The second-order valence-corrected chi connectivity index (χ2v) is 4.84. The van der Waals surface area contributed by atoms with Crippen LogP contribution in [0.2, 0.25) is 0 Å². The molecule has 1 aliphatic carbocycles. The summed E-state index contributed by atoms with van der Waals surface area (Å²) in [6.45, 7) is 0. The highest BCUT2D eigenvalue weighted by atomic mass is 19.1. The number of carboxylic acid groups (broad SMARTS) is 1. The van der Waals surface area contributed by atoms with E-state index in [0.29, 0.717) is 5.84 Å². The number of hydrazine groups is 1. The van der Waals surface area contributed by atoms with Gasteiger partial charge in [-0.05, 0) is 18.2 Å². The van der Waals surface area contributed by atoms with E-state index in [4.69, 9.17) is 5.11 Å². The Morgan fingerprint density at radius 3 is 3.14 bits per heavy atom. The van der Waals surface area contributed by atoms with Crippen molar-refractivity contribution in [1.29, 1.82) is 0 Å². The third kappa shape index (κ3) is 2.43. The lowest BCUT2D eigenvalue weighted by Gasteiger charge is -2.19. The number of pyridine rings is 1. The predicted octanol–water partition coefficient (Wildman–Crippen LogP) is 1.67. The molecule has 6 nitrogen and oxygen atoms in total. The van der Waals surface area contributed by atoms with Crippen LogP contribution in [0.4, 0.5) is 10.1 Å². The number of hydrogen-bond donors (Lipinski definition) is 2. The van der Waals surface area contributed by atoms with Crippen LogP contribution in [0.25, 0.3) is 0 Å². The molecular weight excluding hydrogens is 275 g/mol. The highest BCUT2D eigenvalue weighted by Gasteiger charge is 2.36.